The van der Waals surface area contributed by atoms with Gasteiger partial charge in [-0.15, -0.1) is 0 Å². The number of hydrogen-bond donors (Lipinski definition) is 2. The Kier molecular flexibility index (Phi) is 3.17. The van der Waals surface area contributed by atoms with Crippen LogP contribution >= 0.6 is 0 Å². The number of nitrogens with two attached hydrogens (primary N) is 1. The van der Waals surface area contributed by atoms with Crippen LogP contribution in [0.2, 0.25) is 0 Å². The van der Waals surface area contributed by atoms with Crippen molar-refractivity contribution in [1.82, 2.24) is 9.97 Å². The number of rotatable bonds is 3. The summed E-state index contributed by atoms with van der Waals surface area (Å²) in [4.78, 5) is 8.16. The van der Waals surface area contributed by atoms with Crippen LogP contribution < -0.4 is 5.73 Å². The van der Waals surface area contributed by atoms with E-state index in [-0.39, 0.29) is 5.41 Å². The van der Waals surface area contributed by atoms with Crippen LogP contribution in [-0.2, 0) is 12.0 Å². The van der Waals surface area contributed by atoms with Crippen LogP contribution in [0, 0.1) is 0 Å². The summed E-state index contributed by atoms with van der Waals surface area (Å²) in [5.41, 5.74) is 10.8. The van der Waals surface area contributed by atoms with Crippen LogP contribution in [0.15, 0.2) is 24.3 Å². The minimum atomic E-state index is 0.184. The van der Waals surface area contributed by atoms with E-state index < -0.39 is 0 Å². The Labute approximate surface area is 120 Å². The van der Waals surface area contributed by atoms with E-state index in [0.717, 1.165) is 17.1 Å². The molecule has 1 heterocycles. The number of H-pyrrole nitrogens is 1. The van der Waals surface area contributed by atoms with Crippen LogP contribution in [0.1, 0.15) is 56.5 Å². The first kappa shape index (κ1) is 13.4. The van der Waals surface area contributed by atoms with Gasteiger partial charge in [0.2, 0.25) is 0 Å². The first-order valence-electron chi connectivity index (χ1n) is 7.39. The summed E-state index contributed by atoms with van der Waals surface area (Å²) in [6, 6.07) is 8.68. The van der Waals surface area contributed by atoms with Crippen molar-refractivity contribution in [3.8, 4) is 11.4 Å². The molecule has 1 aliphatic rings. The molecule has 0 unspecified atom stereocenters. The first-order valence-corrected chi connectivity index (χ1v) is 7.39. The predicted octanol–water partition coefficient (Wildman–Crippen LogP) is 3.71. The minimum absolute atomic E-state index is 0.184. The van der Waals surface area contributed by atoms with Gasteiger partial charge in [0, 0.05) is 18.0 Å². The van der Waals surface area contributed by atoms with Gasteiger partial charge in [0.25, 0.3) is 0 Å². The van der Waals surface area contributed by atoms with Gasteiger partial charge in [-0.1, -0.05) is 45.0 Å². The number of aromatic nitrogens is 2. The predicted molar refractivity (Wildman–Crippen MR) is 82.6 cm³/mol. The van der Waals surface area contributed by atoms with E-state index >= 15 is 0 Å². The van der Waals surface area contributed by atoms with Crippen LogP contribution in [0.4, 0.5) is 0 Å². The average Bonchev–Trinajstić information content (AvgIpc) is 3.17. The molecule has 1 fully saturated rings. The summed E-state index contributed by atoms with van der Waals surface area (Å²) < 4.78 is 0. The molecule has 3 nitrogen and oxygen atoms in total. The zero-order valence-electron chi connectivity index (χ0n) is 12.5. The smallest absolute Gasteiger partial charge is 0.137 e. The third-order valence-corrected chi connectivity index (χ3v) is 4.00. The van der Waals surface area contributed by atoms with Crippen molar-refractivity contribution >= 4 is 0 Å². The fraction of sp³-hybridized carbons (Fsp3) is 0.471. The first-order chi connectivity index (χ1) is 9.49. The number of nitrogens with one attached hydrogen (secondary N) is 1. The fourth-order valence-corrected chi connectivity index (χ4v) is 2.54. The third-order valence-electron chi connectivity index (χ3n) is 4.00. The van der Waals surface area contributed by atoms with E-state index in [4.69, 9.17) is 10.7 Å². The topological polar surface area (TPSA) is 54.7 Å². The highest BCUT2D eigenvalue weighted by Gasteiger charge is 2.29. The van der Waals surface area contributed by atoms with Crippen molar-refractivity contribution in [3.63, 3.8) is 0 Å². The molecule has 1 aromatic carbocycles. The summed E-state index contributed by atoms with van der Waals surface area (Å²) in [6.45, 7) is 7.23. The molecule has 1 aliphatic carbocycles. The van der Waals surface area contributed by atoms with Gasteiger partial charge >= 0.3 is 0 Å². The van der Waals surface area contributed by atoms with Gasteiger partial charge in [0.05, 0.1) is 11.4 Å². The molecule has 0 amide bonds. The second-order valence-electron chi connectivity index (χ2n) is 6.75. The van der Waals surface area contributed by atoms with Crippen molar-refractivity contribution in [1.29, 1.82) is 0 Å². The van der Waals surface area contributed by atoms with E-state index in [1.54, 1.807) is 0 Å². The lowest BCUT2D eigenvalue weighted by Crippen LogP contribution is -2.10. The maximum absolute atomic E-state index is 5.82. The zero-order valence-corrected chi connectivity index (χ0v) is 12.5. The summed E-state index contributed by atoms with van der Waals surface area (Å²) in [5.74, 6) is 1.58. The summed E-state index contributed by atoms with van der Waals surface area (Å²) in [7, 11) is 0. The molecule has 3 rings (SSSR count). The monoisotopic (exact) mass is 269 g/mol. The molecule has 0 bridgehead atoms. The number of aromatic amines is 1. The normalized spacial score (nSPS) is 15.6. The minimum Gasteiger partial charge on any atom is -0.341 e. The van der Waals surface area contributed by atoms with Crippen molar-refractivity contribution in [2.75, 3.05) is 0 Å². The quantitative estimate of drug-likeness (QED) is 0.892. The molecule has 106 valence electrons. The van der Waals surface area contributed by atoms with E-state index in [1.165, 1.54) is 24.1 Å². The van der Waals surface area contributed by atoms with Gasteiger partial charge in [-0.05, 0) is 23.8 Å². The molecule has 3 N–H and O–H groups in total. The van der Waals surface area contributed by atoms with Crippen molar-refractivity contribution in [3.05, 3.63) is 41.2 Å². The standard InChI is InChI=1S/C17H23N3/c1-17(2,3)13-8-6-12(7-9-13)16-19-14(10-18)15(20-16)11-4-5-11/h6-9,11H,4-5,10,18H2,1-3H3,(H,19,20). The summed E-state index contributed by atoms with van der Waals surface area (Å²) >= 11 is 0. The van der Waals surface area contributed by atoms with E-state index in [2.05, 4.69) is 50.0 Å². The fourth-order valence-electron chi connectivity index (χ4n) is 2.54. The van der Waals surface area contributed by atoms with E-state index in [0.29, 0.717) is 12.5 Å². The van der Waals surface area contributed by atoms with Crippen LogP contribution in [0.5, 0.6) is 0 Å². The number of imidazole rings is 1. The molecule has 0 aliphatic heterocycles. The Balaban J connectivity index is 1.93. The molecule has 0 spiro atoms. The molecular weight excluding hydrogens is 246 g/mol. The van der Waals surface area contributed by atoms with E-state index in [1.807, 2.05) is 0 Å². The Morgan fingerprint density at radius 2 is 1.85 bits per heavy atom. The molecule has 1 saturated carbocycles. The molecule has 0 radical (unpaired) electrons. The SMILES string of the molecule is CC(C)(C)c1ccc(-c2nc(C3CC3)c(CN)[nH]2)cc1. The van der Waals surface area contributed by atoms with Crippen molar-refractivity contribution < 1.29 is 0 Å². The van der Waals surface area contributed by atoms with Crippen LogP contribution in [0.25, 0.3) is 11.4 Å². The average molecular weight is 269 g/mol. The van der Waals surface area contributed by atoms with Crippen molar-refractivity contribution in [2.45, 2.75) is 51.5 Å². The number of hydrogen-bond acceptors (Lipinski definition) is 2. The van der Waals surface area contributed by atoms with Gasteiger partial charge in [0.15, 0.2) is 0 Å². The van der Waals surface area contributed by atoms with Crippen molar-refractivity contribution in [2.24, 2.45) is 5.73 Å². The molecule has 0 saturated heterocycles. The Bertz CT molecular complexity index is 598. The Morgan fingerprint density at radius 3 is 2.35 bits per heavy atom. The van der Waals surface area contributed by atoms with E-state index in [9.17, 15) is 0 Å². The maximum Gasteiger partial charge on any atom is 0.137 e. The van der Waals surface area contributed by atoms with Gasteiger partial charge in [0.1, 0.15) is 5.82 Å². The van der Waals surface area contributed by atoms with Gasteiger partial charge in [-0.2, -0.15) is 0 Å². The molecule has 2 aromatic rings. The molecule has 20 heavy (non-hydrogen) atoms. The Morgan fingerprint density at radius 1 is 1.20 bits per heavy atom. The lowest BCUT2D eigenvalue weighted by molar-refractivity contribution is 0.590. The van der Waals surface area contributed by atoms with Gasteiger partial charge < -0.3 is 10.7 Å². The highest BCUT2D eigenvalue weighted by molar-refractivity contribution is 5.57. The number of nitrogens with zero attached hydrogens (tertiary/aromatic N) is 1. The van der Waals surface area contributed by atoms with Gasteiger partial charge in [-0.25, -0.2) is 4.98 Å². The molecule has 1 aromatic heterocycles. The van der Waals surface area contributed by atoms with Gasteiger partial charge in [-0.3, -0.25) is 0 Å². The highest BCUT2D eigenvalue weighted by Crippen LogP contribution is 2.41. The lowest BCUT2D eigenvalue weighted by Gasteiger charge is -2.18. The maximum atomic E-state index is 5.82. The molecule has 0 atom stereocenters. The third kappa shape index (κ3) is 2.50. The molecular formula is C17H23N3. The lowest BCUT2D eigenvalue weighted by atomic mass is 9.87. The second-order valence-corrected chi connectivity index (χ2v) is 6.75. The second kappa shape index (κ2) is 4.74. The highest BCUT2D eigenvalue weighted by atomic mass is 15.0. The largest absolute Gasteiger partial charge is 0.341 e. The number of benzene rings is 1. The zero-order chi connectivity index (χ0) is 14.3. The van der Waals surface area contributed by atoms with Crippen LogP contribution in [-0.4, -0.2) is 9.97 Å². The Hall–Kier alpha value is -1.61. The van der Waals surface area contributed by atoms with Crippen LogP contribution in [0.3, 0.4) is 0 Å². The summed E-state index contributed by atoms with van der Waals surface area (Å²) in [5, 5.41) is 0. The molecule has 3 heteroatoms. The summed E-state index contributed by atoms with van der Waals surface area (Å²) in [6.07, 6.45) is 2.50.